The number of likely N-dealkylation sites (N-methyl/N-ethyl adjacent to an activating group) is 1. The van der Waals surface area contributed by atoms with E-state index < -0.39 is 7.00 Å². The SMILES string of the molecule is [2H]C([2H])N1CC[C@@]23CCCCC2[C@@H]1Cc1ccc(OC)cc13. The van der Waals surface area contributed by atoms with Gasteiger partial charge in [-0.3, -0.25) is 0 Å². The number of nitrogens with zero attached hydrogens (tertiary/aromatic N) is 1. The maximum atomic E-state index is 7.92. The quantitative estimate of drug-likeness (QED) is 0.778. The van der Waals surface area contributed by atoms with Crippen molar-refractivity contribution in [1.29, 1.82) is 0 Å². The van der Waals surface area contributed by atoms with Gasteiger partial charge in [0.25, 0.3) is 0 Å². The van der Waals surface area contributed by atoms with Crippen LogP contribution in [0.1, 0.15) is 46.0 Å². The first-order chi connectivity index (χ1) is 10.7. The van der Waals surface area contributed by atoms with Crippen LogP contribution in [0.3, 0.4) is 0 Å². The van der Waals surface area contributed by atoms with Crippen molar-refractivity contribution in [2.75, 3.05) is 20.7 Å². The zero-order chi connectivity index (χ0) is 15.3. The first-order valence-corrected chi connectivity index (χ1v) is 7.93. The predicted octanol–water partition coefficient (Wildman–Crippen LogP) is 3.38. The summed E-state index contributed by atoms with van der Waals surface area (Å²) in [7, 11) is 1.75. The Labute approximate surface area is 124 Å². The molecule has 1 aromatic carbocycles. The zero-order valence-corrected chi connectivity index (χ0v) is 12.3. The van der Waals surface area contributed by atoms with E-state index >= 15 is 0 Å². The molecule has 1 aliphatic heterocycles. The van der Waals surface area contributed by atoms with E-state index in [9.17, 15) is 0 Å². The van der Waals surface area contributed by atoms with Crippen LogP contribution < -0.4 is 4.74 Å². The topological polar surface area (TPSA) is 12.5 Å². The van der Waals surface area contributed by atoms with Crippen LogP contribution in [0.2, 0.25) is 0 Å². The number of methoxy groups -OCH3 is 1. The molecule has 2 aliphatic carbocycles. The first kappa shape index (κ1) is 10.7. The highest BCUT2D eigenvalue weighted by Crippen LogP contribution is 2.55. The molecule has 0 radical (unpaired) electrons. The van der Waals surface area contributed by atoms with Gasteiger partial charge < -0.3 is 9.64 Å². The van der Waals surface area contributed by atoms with Crippen LogP contribution in [0.15, 0.2) is 18.2 Å². The molecule has 20 heavy (non-hydrogen) atoms. The van der Waals surface area contributed by atoms with E-state index in [0.717, 1.165) is 25.1 Å². The largest absolute Gasteiger partial charge is 0.497 e. The molecule has 1 aromatic rings. The van der Waals surface area contributed by atoms with Gasteiger partial charge in [0.1, 0.15) is 5.75 Å². The highest BCUT2D eigenvalue weighted by atomic mass is 16.5. The minimum Gasteiger partial charge on any atom is -0.497 e. The Morgan fingerprint density at radius 1 is 1.35 bits per heavy atom. The summed E-state index contributed by atoms with van der Waals surface area (Å²) in [4.78, 5) is 2.13. The highest BCUT2D eigenvalue weighted by molar-refractivity contribution is 5.45. The summed E-state index contributed by atoms with van der Waals surface area (Å²) in [5.41, 5.74) is 3.21. The van der Waals surface area contributed by atoms with Gasteiger partial charge in [-0.2, -0.15) is 0 Å². The fourth-order valence-corrected chi connectivity index (χ4v) is 5.14. The summed E-state index contributed by atoms with van der Waals surface area (Å²) in [6, 6.07) is 6.95. The van der Waals surface area contributed by atoms with Crippen molar-refractivity contribution in [1.82, 2.24) is 4.90 Å². The maximum Gasteiger partial charge on any atom is 0.119 e. The fraction of sp³-hybridized carbons (Fsp3) is 0.667. The summed E-state index contributed by atoms with van der Waals surface area (Å²) in [5, 5.41) is 0. The smallest absolute Gasteiger partial charge is 0.119 e. The molecule has 108 valence electrons. The Morgan fingerprint density at radius 2 is 2.30 bits per heavy atom. The highest BCUT2D eigenvalue weighted by Gasteiger charge is 2.53. The van der Waals surface area contributed by atoms with Gasteiger partial charge in [-0.25, -0.2) is 0 Å². The molecule has 0 aromatic heterocycles. The lowest BCUT2D eigenvalue weighted by Crippen LogP contribution is -2.59. The minimum atomic E-state index is -0.829. The molecule has 1 heterocycles. The third-order valence-corrected chi connectivity index (χ3v) is 6.09. The monoisotopic (exact) mass is 273 g/mol. The predicted molar refractivity (Wildman–Crippen MR) is 81.4 cm³/mol. The average molecular weight is 273 g/mol. The molecule has 4 rings (SSSR count). The average Bonchev–Trinajstić information content (AvgIpc) is 2.54. The molecule has 1 saturated heterocycles. The van der Waals surface area contributed by atoms with Crippen molar-refractivity contribution in [3.05, 3.63) is 29.3 Å². The second kappa shape index (κ2) is 4.49. The Kier molecular flexibility index (Phi) is 2.40. The molecule has 3 atom stereocenters. The molecule has 2 fully saturated rings. The molecular formula is C18H25NO. The Balaban J connectivity index is 1.84. The molecule has 2 bridgehead atoms. The molecule has 2 nitrogen and oxygen atoms in total. The van der Waals surface area contributed by atoms with Crippen LogP contribution in [0, 0.1) is 5.92 Å². The van der Waals surface area contributed by atoms with Gasteiger partial charge in [0, 0.05) is 14.2 Å². The summed E-state index contributed by atoms with van der Waals surface area (Å²) in [5.74, 6) is 1.59. The third kappa shape index (κ3) is 1.60. The van der Waals surface area contributed by atoms with Crippen molar-refractivity contribution >= 4 is 0 Å². The van der Waals surface area contributed by atoms with Crippen molar-refractivity contribution in [2.45, 2.75) is 50.0 Å². The molecular weight excluding hydrogens is 246 g/mol. The number of fused-ring (bicyclic) bond motifs is 1. The van der Waals surface area contributed by atoms with Gasteiger partial charge in [-0.05, 0) is 68.4 Å². The van der Waals surface area contributed by atoms with E-state index in [4.69, 9.17) is 7.48 Å². The van der Waals surface area contributed by atoms with E-state index in [2.05, 4.69) is 23.1 Å². The fourth-order valence-electron chi connectivity index (χ4n) is 5.14. The normalized spacial score (nSPS) is 37.7. The summed E-state index contributed by atoms with van der Waals surface area (Å²) < 4.78 is 21.3. The number of hydrogen-bond acceptors (Lipinski definition) is 2. The van der Waals surface area contributed by atoms with E-state index in [0.29, 0.717) is 12.0 Å². The van der Waals surface area contributed by atoms with Gasteiger partial charge in [-0.15, -0.1) is 0 Å². The Bertz CT molecular complexity index is 576. The molecule has 2 heteroatoms. The Hall–Kier alpha value is -1.02. The van der Waals surface area contributed by atoms with E-state index in [1.165, 1.54) is 36.8 Å². The van der Waals surface area contributed by atoms with E-state index in [-0.39, 0.29) is 5.41 Å². The molecule has 0 amide bonds. The van der Waals surface area contributed by atoms with Gasteiger partial charge in [0.2, 0.25) is 0 Å². The van der Waals surface area contributed by atoms with Crippen molar-refractivity contribution < 1.29 is 7.48 Å². The standard InChI is InChI=1S/C18H25NO/c1-19-10-9-18-8-4-3-5-15(18)17(19)11-13-6-7-14(20-2)12-16(13)18/h6-7,12,15,17H,3-5,8-11H2,1-2H3/t15?,17-,18-/m0/s1/i1D2. The minimum absolute atomic E-state index is 0.274. The van der Waals surface area contributed by atoms with Crippen molar-refractivity contribution in [2.24, 2.45) is 5.92 Å². The van der Waals surface area contributed by atoms with Crippen molar-refractivity contribution in [3.8, 4) is 5.75 Å². The van der Waals surface area contributed by atoms with Gasteiger partial charge >= 0.3 is 0 Å². The molecule has 1 unspecified atom stereocenters. The van der Waals surface area contributed by atoms with Crippen LogP contribution in [-0.2, 0) is 11.8 Å². The third-order valence-electron chi connectivity index (χ3n) is 6.09. The van der Waals surface area contributed by atoms with Crippen LogP contribution in [0.5, 0.6) is 5.75 Å². The lowest BCUT2D eigenvalue weighted by Gasteiger charge is -2.58. The molecule has 1 saturated carbocycles. The first-order valence-electron chi connectivity index (χ1n) is 9.09. The van der Waals surface area contributed by atoms with E-state index in [1.807, 2.05) is 0 Å². The second-order valence-corrected chi connectivity index (χ2v) is 6.79. The van der Waals surface area contributed by atoms with Crippen LogP contribution in [0.25, 0.3) is 0 Å². The van der Waals surface area contributed by atoms with Crippen LogP contribution >= 0.6 is 0 Å². The second-order valence-electron chi connectivity index (χ2n) is 6.79. The number of rotatable bonds is 1. The van der Waals surface area contributed by atoms with Crippen LogP contribution in [-0.4, -0.2) is 31.6 Å². The van der Waals surface area contributed by atoms with Gasteiger partial charge in [-0.1, -0.05) is 18.9 Å². The summed E-state index contributed by atoms with van der Waals surface area (Å²) in [6.45, 7) is 0.0693. The lowest BCUT2D eigenvalue weighted by molar-refractivity contribution is 0.00274. The number of ether oxygens (including phenoxy) is 1. The number of piperidine rings is 1. The van der Waals surface area contributed by atoms with Gasteiger partial charge in [0.15, 0.2) is 0 Å². The number of benzene rings is 1. The summed E-state index contributed by atoms with van der Waals surface area (Å²) >= 11 is 0. The summed E-state index contributed by atoms with van der Waals surface area (Å²) in [6.07, 6.45) is 7.23. The van der Waals surface area contributed by atoms with Crippen LogP contribution in [0.4, 0.5) is 0 Å². The Morgan fingerprint density at radius 3 is 3.15 bits per heavy atom. The molecule has 0 N–H and O–H groups in total. The zero-order valence-electron chi connectivity index (χ0n) is 14.3. The molecule has 0 spiro atoms. The van der Waals surface area contributed by atoms with Gasteiger partial charge in [0.05, 0.1) is 7.11 Å². The van der Waals surface area contributed by atoms with E-state index in [1.54, 1.807) is 7.11 Å². The maximum absolute atomic E-state index is 7.92. The number of hydrogen-bond donors (Lipinski definition) is 0. The lowest BCUT2D eigenvalue weighted by atomic mass is 9.52. The van der Waals surface area contributed by atoms with Crippen molar-refractivity contribution in [3.63, 3.8) is 0 Å². The number of likely N-dealkylation sites (tertiary alicyclic amines) is 1. The molecule has 3 aliphatic rings.